The third-order valence-corrected chi connectivity index (χ3v) is 6.37. The summed E-state index contributed by atoms with van der Waals surface area (Å²) in [5.74, 6) is 0.236. The topological polar surface area (TPSA) is 55.4 Å². The molecule has 0 aliphatic heterocycles. The maximum absolute atomic E-state index is 12.4. The van der Waals surface area contributed by atoms with Gasteiger partial charge in [0.1, 0.15) is 11.5 Å². The summed E-state index contributed by atoms with van der Waals surface area (Å²) in [6, 6.07) is 18.4. The lowest BCUT2D eigenvalue weighted by Crippen LogP contribution is -2.11. The molecule has 1 aliphatic carbocycles. The van der Waals surface area contributed by atoms with Gasteiger partial charge in [0.25, 0.3) is 5.91 Å². The summed E-state index contributed by atoms with van der Waals surface area (Å²) in [6.45, 7) is 2.45. The van der Waals surface area contributed by atoms with Crippen LogP contribution in [0.4, 0.5) is 5.69 Å². The molecular formula is C24H23NO3S. The van der Waals surface area contributed by atoms with Gasteiger partial charge in [-0.1, -0.05) is 37.3 Å². The Bertz CT molecular complexity index is 1010. The van der Waals surface area contributed by atoms with E-state index >= 15 is 0 Å². The molecule has 5 heteroatoms. The Morgan fingerprint density at radius 1 is 1.10 bits per heavy atom. The highest BCUT2D eigenvalue weighted by molar-refractivity contribution is 7.14. The first kappa shape index (κ1) is 19.4. The Labute approximate surface area is 174 Å². The number of carbonyl (C=O) groups excluding carboxylic acids is 2. The summed E-state index contributed by atoms with van der Waals surface area (Å²) >= 11 is 1.56. The van der Waals surface area contributed by atoms with Crippen LogP contribution >= 0.6 is 11.3 Å². The number of hydrogen-bond donors (Lipinski definition) is 1. The number of anilines is 1. The van der Waals surface area contributed by atoms with Crippen molar-refractivity contribution in [3.05, 3.63) is 87.1 Å². The van der Waals surface area contributed by atoms with Gasteiger partial charge in [0.2, 0.25) is 0 Å². The molecule has 0 saturated carbocycles. The van der Waals surface area contributed by atoms with Crippen LogP contribution in [0.3, 0.4) is 0 Å². The number of thiophene rings is 1. The van der Waals surface area contributed by atoms with E-state index in [1.807, 2.05) is 48.5 Å². The van der Waals surface area contributed by atoms with Crippen LogP contribution in [-0.4, -0.2) is 11.9 Å². The first-order chi connectivity index (χ1) is 14.1. The van der Waals surface area contributed by atoms with Crippen LogP contribution in [0, 0.1) is 5.92 Å². The molecule has 0 unspecified atom stereocenters. The van der Waals surface area contributed by atoms with Gasteiger partial charge >= 0.3 is 5.97 Å². The summed E-state index contributed by atoms with van der Waals surface area (Å²) in [4.78, 5) is 26.7. The van der Waals surface area contributed by atoms with Crippen LogP contribution in [-0.2, 0) is 24.2 Å². The Balaban J connectivity index is 1.33. The second-order valence-electron chi connectivity index (χ2n) is 7.50. The molecule has 0 spiro atoms. The molecule has 1 aromatic heterocycles. The Kier molecular flexibility index (Phi) is 5.76. The lowest BCUT2D eigenvalue weighted by Gasteiger charge is -2.16. The molecule has 1 heterocycles. The van der Waals surface area contributed by atoms with E-state index < -0.39 is 0 Å². The van der Waals surface area contributed by atoms with Crippen molar-refractivity contribution in [2.45, 2.75) is 32.8 Å². The van der Waals surface area contributed by atoms with E-state index in [2.05, 4.69) is 12.2 Å². The molecule has 0 radical (unpaired) electrons. The van der Waals surface area contributed by atoms with Crippen molar-refractivity contribution in [2.75, 3.05) is 5.32 Å². The second-order valence-corrected chi connectivity index (χ2v) is 8.64. The van der Waals surface area contributed by atoms with Gasteiger partial charge in [-0.2, -0.15) is 0 Å². The predicted molar refractivity (Wildman–Crippen MR) is 115 cm³/mol. The van der Waals surface area contributed by atoms with Gasteiger partial charge in [-0.25, -0.2) is 4.79 Å². The highest BCUT2D eigenvalue weighted by atomic mass is 32.1. The average Bonchev–Trinajstić information content (AvgIpc) is 3.16. The molecule has 0 saturated heterocycles. The minimum atomic E-state index is -0.275. The van der Waals surface area contributed by atoms with Gasteiger partial charge < -0.3 is 10.1 Å². The Morgan fingerprint density at radius 2 is 1.86 bits per heavy atom. The lowest BCUT2D eigenvalue weighted by atomic mass is 9.90. The first-order valence-electron chi connectivity index (χ1n) is 9.82. The van der Waals surface area contributed by atoms with Crippen molar-refractivity contribution in [1.29, 1.82) is 0 Å². The van der Waals surface area contributed by atoms with E-state index in [0.29, 0.717) is 16.4 Å². The SMILES string of the molecule is C[C@H]1CCc2sc(C(=O)OCc3ccc(C(=O)Nc4ccccc4)cc3)cc2C1. The van der Waals surface area contributed by atoms with Gasteiger partial charge in [0.15, 0.2) is 0 Å². The molecule has 3 aromatic rings. The summed E-state index contributed by atoms with van der Waals surface area (Å²) in [5.41, 5.74) is 3.46. The van der Waals surface area contributed by atoms with Gasteiger partial charge in [-0.15, -0.1) is 11.3 Å². The molecule has 0 bridgehead atoms. The molecule has 148 valence electrons. The molecule has 1 aliphatic rings. The van der Waals surface area contributed by atoms with Crippen LogP contribution in [0.2, 0.25) is 0 Å². The average molecular weight is 406 g/mol. The molecular weight excluding hydrogens is 382 g/mol. The van der Waals surface area contributed by atoms with E-state index in [9.17, 15) is 9.59 Å². The largest absolute Gasteiger partial charge is 0.457 e. The molecule has 1 N–H and O–H groups in total. The third kappa shape index (κ3) is 4.74. The van der Waals surface area contributed by atoms with Crippen LogP contribution in [0.1, 0.15) is 49.4 Å². The summed E-state index contributed by atoms with van der Waals surface area (Å²) in [7, 11) is 0. The molecule has 29 heavy (non-hydrogen) atoms. The van der Waals surface area contributed by atoms with Crippen molar-refractivity contribution in [2.24, 2.45) is 5.92 Å². The zero-order chi connectivity index (χ0) is 20.2. The number of ether oxygens (including phenoxy) is 1. The van der Waals surface area contributed by atoms with Crippen LogP contribution in [0.5, 0.6) is 0 Å². The van der Waals surface area contributed by atoms with E-state index in [-0.39, 0.29) is 18.5 Å². The number of amides is 1. The number of para-hydroxylation sites is 1. The van der Waals surface area contributed by atoms with Crippen molar-refractivity contribution >= 4 is 28.9 Å². The van der Waals surface area contributed by atoms with E-state index in [1.165, 1.54) is 16.9 Å². The molecule has 0 fully saturated rings. The minimum Gasteiger partial charge on any atom is -0.457 e. The number of esters is 1. The number of aryl methyl sites for hydroxylation is 1. The fraction of sp³-hybridized carbons (Fsp3) is 0.250. The van der Waals surface area contributed by atoms with E-state index in [4.69, 9.17) is 4.74 Å². The number of hydrogen-bond acceptors (Lipinski definition) is 4. The second kappa shape index (κ2) is 8.62. The van der Waals surface area contributed by atoms with Crippen LogP contribution in [0.25, 0.3) is 0 Å². The minimum absolute atomic E-state index is 0.168. The zero-order valence-electron chi connectivity index (χ0n) is 16.3. The van der Waals surface area contributed by atoms with Gasteiger partial charge in [-0.3, -0.25) is 4.79 Å². The normalized spacial score (nSPS) is 15.4. The van der Waals surface area contributed by atoms with Crippen molar-refractivity contribution < 1.29 is 14.3 Å². The summed E-state index contributed by atoms with van der Waals surface area (Å²) in [5, 5.41) is 2.85. The van der Waals surface area contributed by atoms with Crippen LogP contribution < -0.4 is 5.32 Å². The standard InChI is InChI=1S/C24H23NO3S/c1-16-7-12-21-19(13-16)14-22(29-21)24(27)28-15-17-8-10-18(11-9-17)23(26)25-20-5-3-2-4-6-20/h2-6,8-11,14,16H,7,12-13,15H2,1H3,(H,25,26)/t16-/m0/s1. The highest BCUT2D eigenvalue weighted by Crippen LogP contribution is 2.32. The fourth-order valence-corrected chi connectivity index (χ4v) is 4.61. The maximum Gasteiger partial charge on any atom is 0.348 e. The molecule has 1 atom stereocenters. The number of rotatable bonds is 5. The highest BCUT2D eigenvalue weighted by Gasteiger charge is 2.21. The molecule has 4 nitrogen and oxygen atoms in total. The van der Waals surface area contributed by atoms with E-state index in [1.54, 1.807) is 23.5 Å². The van der Waals surface area contributed by atoms with Crippen molar-refractivity contribution in [3.8, 4) is 0 Å². The smallest absolute Gasteiger partial charge is 0.348 e. The molecule has 2 aromatic carbocycles. The van der Waals surface area contributed by atoms with Gasteiger partial charge in [-0.05, 0) is 66.6 Å². The molecule has 4 rings (SSSR count). The quantitative estimate of drug-likeness (QED) is 0.572. The fourth-order valence-electron chi connectivity index (χ4n) is 3.50. The number of benzene rings is 2. The first-order valence-corrected chi connectivity index (χ1v) is 10.6. The van der Waals surface area contributed by atoms with Crippen molar-refractivity contribution in [3.63, 3.8) is 0 Å². The van der Waals surface area contributed by atoms with Gasteiger partial charge in [0, 0.05) is 16.1 Å². The predicted octanol–water partition coefficient (Wildman–Crippen LogP) is 5.48. The zero-order valence-corrected chi connectivity index (χ0v) is 17.1. The van der Waals surface area contributed by atoms with Gasteiger partial charge in [0.05, 0.1) is 0 Å². The Hall–Kier alpha value is -2.92. The number of fused-ring (bicyclic) bond motifs is 1. The number of carbonyl (C=O) groups is 2. The monoisotopic (exact) mass is 405 g/mol. The summed E-state index contributed by atoms with van der Waals surface area (Å²) in [6.07, 6.45) is 3.29. The molecule has 1 amide bonds. The number of nitrogens with one attached hydrogen (secondary N) is 1. The van der Waals surface area contributed by atoms with E-state index in [0.717, 1.165) is 24.1 Å². The maximum atomic E-state index is 12.4. The van der Waals surface area contributed by atoms with Crippen LogP contribution in [0.15, 0.2) is 60.7 Å². The summed E-state index contributed by atoms with van der Waals surface area (Å²) < 4.78 is 5.49. The van der Waals surface area contributed by atoms with Crippen molar-refractivity contribution in [1.82, 2.24) is 0 Å². The Morgan fingerprint density at radius 3 is 2.62 bits per heavy atom. The third-order valence-electron chi connectivity index (χ3n) is 5.15. The lowest BCUT2D eigenvalue weighted by molar-refractivity contribution is 0.0478.